The second-order valence-electron chi connectivity index (χ2n) is 6.86. The second kappa shape index (κ2) is 9.73. The Bertz CT molecular complexity index is 1010. The summed E-state index contributed by atoms with van der Waals surface area (Å²) in [6.07, 6.45) is 2.50. The molecule has 0 radical (unpaired) electrons. The van der Waals surface area contributed by atoms with Gasteiger partial charge in [-0.3, -0.25) is 9.59 Å². The summed E-state index contributed by atoms with van der Waals surface area (Å²) < 4.78 is 7.12. The Morgan fingerprint density at radius 3 is 2.50 bits per heavy atom. The Morgan fingerprint density at radius 1 is 1.10 bits per heavy atom. The van der Waals surface area contributed by atoms with Gasteiger partial charge >= 0.3 is 0 Å². The molecule has 0 aliphatic rings. The predicted molar refractivity (Wildman–Crippen MR) is 116 cm³/mol. The molecule has 1 aromatic heterocycles. The fourth-order valence-electron chi connectivity index (χ4n) is 3.03. The number of methoxy groups -OCH3 is 1. The first-order valence-corrected chi connectivity index (χ1v) is 9.92. The first-order chi connectivity index (χ1) is 14.5. The first kappa shape index (κ1) is 21.1. The molecule has 0 saturated carbocycles. The third-order valence-electron chi connectivity index (χ3n) is 4.63. The van der Waals surface area contributed by atoms with Crippen LogP contribution in [-0.2, 0) is 4.79 Å². The Kier molecular flexibility index (Phi) is 6.85. The van der Waals surface area contributed by atoms with E-state index in [-0.39, 0.29) is 11.8 Å². The van der Waals surface area contributed by atoms with Crippen molar-refractivity contribution in [1.82, 2.24) is 20.4 Å². The van der Waals surface area contributed by atoms with Crippen molar-refractivity contribution in [2.45, 2.75) is 26.3 Å². The minimum atomic E-state index is -0.672. The lowest BCUT2D eigenvalue weighted by molar-refractivity contribution is -0.122. The predicted octanol–water partition coefficient (Wildman–Crippen LogP) is 3.19. The minimum Gasteiger partial charge on any atom is -0.496 e. The van der Waals surface area contributed by atoms with E-state index < -0.39 is 6.04 Å². The van der Waals surface area contributed by atoms with Gasteiger partial charge in [-0.2, -0.15) is 5.10 Å². The van der Waals surface area contributed by atoms with Crippen LogP contribution in [0.4, 0.5) is 0 Å². The lowest BCUT2D eigenvalue weighted by Gasteiger charge is -2.14. The van der Waals surface area contributed by atoms with Crippen LogP contribution in [0.1, 0.15) is 30.6 Å². The zero-order valence-corrected chi connectivity index (χ0v) is 17.4. The molecule has 1 atom stereocenters. The number of ether oxygens (including phenoxy) is 1. The molecule has 0 spiro atoms. The molecule has 0 bridgehead atoms. The third-order valence-corrected chi connectivity index (χ3v) is 4.63. The molecule has 2 aromatic carbocycles. The van der Waals surface area contributed by atoms with Crippen LogP contribution in [0.5, 0.6) is 5.75 Å². The minimum absolute atomic E-state index is 0.223. The van der Waals surface area contributed by atoms with E-state index in [1.54, 1.807) is 24.9 Å². The maximum atomic E-state index is 13.1. The molecule has 2 N–H and O–H groups in total. The van der Waals surface area contributed by atoms with Gasteiger partial charge in [-0.15, -0.1) is 0 Å². The number of aromatic nitrogens is 2. The van der Waals surface area contributed by atoms with Crippen LogP contribution in [0, 0.1) is 0 Å². The fourth-order valence-corrected chi connectivity index (χ4v) is 3.03. The Hall–Kier alpha value is -3.61. The number of benzene rings is 2. The van der Waals surface area contributed by atoms with Crippen molar-refractivity contribution in [2.75, 3.05) is 13.7 Å². The molecule has 3 rings (SSSR count). The van der Waals surface area contributed by atoms with E-state index in [1.807, 2.05) is 61.5 Å². The number of para-hydroxylation sites is 2. The first-order valence-electron chi connectivity index (χ1n) is 9.92. The van der Waals surface area contributed by atoms with E-state index in [0.29, 0.717) is 29.1 Å². The largest absolute Gasteiger partial charge is 0.496 e. The van der Waals surface area contributed by atoms with Crippen molar-refractivity contribution in [3.8, 4) is 22.7 Å². The lowest BCUT2D eigenvalue weighted by Crippen LogP contribution is -2.45. The molecular weight excluding hydrogens is 380 g/mol. The summed E-state index contributed by atoms with van der Waals surface area (Å²) in [6.45, 7) is 4.20. The van der Waals surface area contributed by atoms with Gasteiger partial charge in [-0.1, -0.05) is 37.3 Å². The highest BCUT2D eigenvalue weighted by atomic mass is 16.5. The average molecular weight is 406 g/mol. The molecule has 0 saturated heterocycles. The molecule has 0 fully saturated rings. The van der Waals surface area contributed by atoms with Gasteiger partial charge in [0, 0.05) is 18.3 Å². The number of hydrogen-bond acceptors (Lipinski definition) is 4. The van der Waals surface area contributed by atoms with Gasteiger partial charge in [0.05, 0.1) is 18.4 Å². The van der Waals surface area contributed by atoms with Gasteiger partial charge in [0.25, 0.3) is 5.91 Å². The van der Waals surface area contributed by atoms with Crippen LogP contribution in [0.3, 0.4) is 0 Å². The number of rotatable bonds is 8. The van der Waals surface area contributed by atoms with E-state index in [2.05, 4.69) is 15.7 Å². The summed E-state index contributed by atoms with van der Waals surface area (Å²) >= 11 is 0. The molecule has 0 aliphatic carbocycles. The zero-order valence-electron chi connectivity index (χ0n) is 17.4. The second-order valence-corrected chi connectivity index (χ2v) is 6.86. The highest BCUT2D eigenvalue weighted by Crippen LogP contribution is 2.31. The SMILES string of the molecule is CCCNC(=O)[C@@H](C)NC(=O)c1cn(-c2ccccc2)nc1-c1ccccc1OC. The number of nitrogens with zero attached hydrogens (tertiary/aromatic N) is 2. The molecule has 7 nitrogen and oxygen atoms in total. The quantitative estimate of drug-likeness (QED) is 0.602. The topological polar surface area (TPSA) is 85.3 Å². The van der Waals surface area contributed by atoms with E-state index in [4.69, 9.17) is 4.74 Å². The van der Waals surface area contributed by atoms with E-state index in [1.165, 1.54) is 0 Å². The van der Waals surface area contributed by atoms with Gasteiger partial charge in [0.15, 0.2) is 0 Å². The highest BCUT2D eigenvalue weighted by Gasteiger charge is 2.23. The fraction of sp³-hybridized carbons (Fsp3) is 0.261. The molecule has 7 heteroatoms. The Labute approximate surface area is 176 Å². The van der Waals surface area contributed by atoms with Gasteiger partial charge in [0.2, 0.25) is 5.91 Å². The average Bonchev–Trinajstić information content (AvgIpc) is 3.23. The summed E-state index contributed by atoms with van der Waals surface area (Å²) in [7, 11) is 1.58. The monoisotopic (exact) mass is 406 g/mol. The molecule has 0 aliphatic heterocycles. The van der Waals surface area contributed by atoms with Gasteiger partial charge in [0.1, 0.15) is 17.5 Å². The van der Waals surface area contributed by atoms with Crippen LogP contribution in [0.15, 0.2) is 60.8 Å². The van der Waals surface area contributed by atoms with E-state index in [0.717, 1.165) is 12.1 Å². The van der Waals surface area contributed by atoms with Gasteiger partial charge in [-0.05, 0) is 37.6 Å². The standard InChI is InChI=1S/C23H26N4O3/c1-4-14-24-22(28)16(2)25-23(29)19-15-27(17-10-6-5-7-11-17)26-21(19)18-12-8-9-13-20(18)30-3/h5-13,15-16H,4,14H2,1-3H3,(H,24,28)(H,25,29)/t16-/m1/s1. The number of amides is 2. The van der Waals surface area contributed by atoms with Crippen molar-refractivity contribution in [1.29, 1.82) is 0 Å². The van der Waals surface area contributed by atoms with Crippen LogP contribution >= 0.6 is 0 Å². The maximum Gasteiger partial charge on any atom is 0.255 e. The number of carbonyl (C=O) groups excluding carboxylic acids is 2. The third kappa shape index (κ3) is 4.68. The summed E-state index contributed by atoms with van der Waals surface area (Å²) in [5, 5.41) is 10.2. The van der Waals surface area contributed by atoms with Crippen LogP contribution < -0.4 is 15.4 Å². The smallest absolute Gasteiger partial charge is 0.255 e. The normalized spacial score (nSPS) is 11.6. The summed E-state index contributed by atoms with van der Waals surface area (Å²) in [5.41, 5.74) is 2.36. The molecule has 156 valence electrons. The highest BCUT2D eigenvalue weighted by molar-refractivity contribution is 6.02. The zero-order chi connectivity index (χ0) is 21.5. The van der Waals surface area contributed by atoms with Crippen LogP contribution in [0.2, 0.25) is 0 Å². The molecule has 0 unspecified atom stereocenters. The van der Waals surface area contributed by atoms with E-state index >= 15 is 0 Å². The molecule has 2 amide bonds. The molecule has 1 heterocycles. The molecule has 3 aromatic rings. The lowest BCUT2D eigenvalue weighted by atomic mass is 10.1. The van der Waals surface area contributed by atoms with Crippen LogP contribution in [-0.4, -0.2) is 41.3 Å². The Balaban J connectivity index is 1.98. The van der Waals surface area contributed by atoms with Crippen molar-refractivity contribution in [3.05, 3.63) is 66.4 Å². The van der Waals surface area contributed by atoms with Gasteiger partial charge in [-0.25, -0.2) is 4.68 Å². The van der Waals surface area contributed by atoms with Crippen molar-refractivity contribution >= 4 is 11.8 Å². The number of nitrogens with one attached hydrogen (secondary N) is 2. The van der Waals surface area contributed by atoms with Crippen molar-refractivity contribution in [2.24, 2.45) is 0 Å². The van der Waals surface area contributed by atoms with Crippen molar-refractivity contribution in [3.63, 3.8) is 0 Å². The summed E-state index contributed by atoms with van der Waals surface area (Å²) in [6, 6.07) is 16.2. The summed E-state index contributed by atoms with van der Waals surface area (Å²) in [5.74, 6) is 0.00956. The number of carbonyl (C=O) groups is 2. The number of hydrogen-bond donors (Lipinski definition) is 2. The maximum absolute atomic E-state index is 13.1. The van der Waals surface area contributed by atoms with Gasteiger partial charge < -0.3 is 15.4 Å². The Morgan fingerprint density at radius 2 is 1.80 bits per heavy atom. The molecule has 30 heavy (non-hydrogen) atoms. The van der Waals surface area contributed by atoms with Crippen LogP contribution in [0.25, 0.3) is 16.9 Å². The summed E-state index contributed by atoms with van der Waals surface area (Å²) in [4.78, 5) is 25.3. The van der Waals surface area contributed by atoms with Crippen molar-refractivity contribution < 1.29 is 14.3 Å². The van der Waals surface area contributed by atoms with E-state index in [9.17, 15) is 9.59 Å². The molecular formula is C23H26N4O3.